The van der Waals surface area contributed by atoms with E-state index in [1.165, 1.54) is 4.90 Å². The van der Waals surface area contributed by atoms with Crippen molar-refractivity contribution in [3.8, 4) is 5.75 Å². The van der Waals surface area contributed by atoms with E-state index >= 15 is 0 Å². The third-order valence-corrected chi connectivity index (χ3v) is 8.32. The Morgan fingerprint density at radius 3 is 2.31 bits per heavy atom. The molecule has 0 unspecified atom stereocenters. The van der Waals surface area contributed by atoms with Gasteiger partial charge in [-0.05, 0) is 67.3 Å². The van der Waals surface area contributed by atoms with Crippen molar-refractivity contribution >= 4 is 29.4 Å². The summed E-state index contributed by atoms with van der Waals surface area (Å²) < 4.78 is 5.61. The molecule has 2 aliphatic carbocycles. The summed E-state index contributed by atoms with van der Waals surface area (Å²) in [4.78, 5) is 54.6. The molecule has 2 saturated carbocycles. The maximum absolute atomic E-state index is 13.2. The van der Waals surface area contributed by atoms with Crippen LogP contribution >= 0.6 is 0 Å². The van der Waals surface area contributed by atoms with Gasteiger partial charge in [0, 0.05) is 19.5 Å². The maximum Gasteiger partial charge on any atom is 0.316 e. The van der Waals surface area contributed by atoms with Gasteiger partial charge in [0.15, 0.2) is 0 Å². The predicted molar refractivity (Wildman–Crippen MR) is 127 cm³/mol. The third-order valence-electron chi connectivity index (χ3n) is 8.32. The lowest BCUT2D eigenvalue weighted by Gasteiger charge is -2.20. The van der Waals surface area contributed by atoms with Crippen molar-refractivity contribution in [2.75, 3.05) is 11.4 Å². The molecule has 2 saturated heterocycles. The number of esters is 1. The van der Waals surface area contributed by atoms with Gasteiger partial charge in [0.05, 0.1) is 23.4 Å². The van der Waals surface area contributed by atoms with E-state index in [4.69, 9.17) is 4.74 Å². The van der Waals surface area contributed by atoms with Crippen LogP contribution in [-0.4, -0.2) is 35.1 Å². The topological polar surface area (TPSA) is 84.0 Å². The fourth-order valence-electron chi connectivity index (χ4n) is 6.67. The normalized spacial score (nSPS) is 29.3. The number of hydrogen-bond acceptors (Lipinski definition) is 5. The minimum Gasteiger partial charge on any atom is -0.426 e. The van der Waals surface area contributed by atoms with Gasteiger partial charge in [0.1, 0.15) is 5.75 Å². The third kappa shape index (κ3) is 3.65. The number of anilines is 1. The van der Waals surface area contributed by atoms with E-state index in [0.29, 0.717) is 41.9 Å². The van der Waals surface area contributed by atoms with Crippen LogP contribution in [0.15, 0.2) is 48.5 Å². The van der Waals surface area contributed by atoms with Gasteiger partial charge in [-0.2, -0.15) is 0 Å². The SMILES string of the molecule is Cc1cc(OC(=O)[C@@H]2CC(=O)N(Cc3ccccc3)C2)ccc1N1C(=O)[C@H]2[C@H]3CC[C@@H](C3)[C@@H]2C1=O. The minimum absolute atomic E-state index is 0.0621. The van der Waals surface area contributed by atoms with E-state index < -0.39 is 11.9 Å². The summed E-state index contributed by atoms with van der Waals surface area (Å²) in [6.45, 7) is 2.61. The van der Waals surface area contributed by atoms with Gasteiger partial charge < -0.3 is 9.64 Å². The Bertz CT molecular complexity index is 1200. The van der Waals surface area contributed by atoms with E-state index in [9.17, 15) is 19.2 Å². The van der Waals surface area contributed by atoms with Gasteiger partial charge in [-0.3, -0.25) is 19.2 Å². The number of carbonyl (C=O) groups is 4. The van der Waals surface area contributed by atoms with Crippen molar-refractivity contribution in [2.45, 2.75) is 39.2 Å². The molecule has 2 aliphatic heterocycles. The van der Waals surface area contributed by atoms with Crippen molar-refractivity contribution in [3.05, 3.63) is 59.7 Å². The largest absolute Gasteiger partial charge is 0.426 e. The molecule has 4 aliphatic rings. The molecule has 180 valence electrons. The minimum atomic E-state index is -0.525. The monoisotopic (exact) mass is 472 g/mol. The Morgan fingerprint density at radius 1 is 0.971 bits per heavy atom. The molecule has 2 heterocycles. The molecule has 35 heavy (non-hydrogen) atoms. The summed E-state index contributed by atoms with van der Waals surface area (Å²) in [5.41, 5.74) is 2.29. The average Bonchev–Trinajstić information content (AvgIpc) is 3.60. The highest BCUT2D eigenvalue weighted by Gasteiger charge is 2.61. The fraction of sp³-hybridized carbons (Fsp3) is 0.429. The summed E-state index contributed by atoms with van der Waals surface area (Å²) in [6.07, 6.45) is 3.21. The zero-order chi connectivity index (χ0) is 24.3. The van der Waals surface area contributed by atoms with Crippen LogP contribution in [0.1, 0.15) is 36.8 Å². The fourth-order valence-corrected chi connectivity index (χ4v) is 6.67. The molecular weight excluding hydrogens is 444 g/mol. The molecule has 3 amide bonds. The van der Waals surface area contributed by atoms with Crippen LogP contribution in [0.3, 0.4) is 0 Å². The molecule has 0 spiro atoms. The molecule has 0 N–H and O–H groups in total. The Balaban J connectivity index is 1.13. The lowest BCUT2D eigenvalue weighted by atomic mass is 9.81. The van der Waals surface area contributed by atoms with Crippen molar-refractivity contribution < 1.29 is 23.9 Å². The number of hydrogen-bond donors (Lipinski definition) is 0. The van der Waals surface area contributed by atoms with Crippen LogP contribution in [0.2, 0.25) is 0 Å². The number of nitrogens with zero attached hydrogens (tertiary/aromatic N) is 2. The molecule has 2 aromatic rings. The van der Waals surface area contributed by atoms with Crippen molar-refractivity contribution in [1.82, 2.24) is 4.90 Å². The smallest absolute Gasteiger partial charge is 0.316 e. The summed E-state index contributed by atoms with van der Waals surface area (Å²) in [5, 5.41) is 0. The zero-order valence-corrected chi connectivity index (χ0v) is 19.7. The van der Waals surface area contributed by atoms with E-state index in [1.807, 2.05) is 37.3 Å². The van der Waals surface area contributed by atoms with Crippen molar-refractivity contribution in [2.24, 2.45) is 29.6 Å². The number of carbonyl (C=O) groups excluding carboxylic acids is 4. The van der Waals surface area contributed by atoms with E-state index in [-0.39, 0.29) is 36.0 Å². The van der Waals surface area contributed by atoms with Crippen molar-refractivity contribution in [1.29, 1.82) is 0 Å². The highest BCUT2D eigenvalue weighted by Crippen LogP contribution is 2.56. The first-order valence-corrected chi connectivity index (χ1v) is 12.4. The number of aryl methyl sites for hydroxylation is 1. The highest BCUT2D eigenvalue weighted by molar-refractivity contribution is 6.23. The Kier molecular flexibility index (Phi) is 5.24. The average molecular weight is 473 g/mol. The number of amides is 3. The van der Waals surface area contributed by atoms with Gasteiger partial charge in [0.2, 0.25) is 17.7 Å². The van der Waals surface area contributed by atoms with E-state index in [0.717, 1.165) is 24.8 Å². The molecule has 4 fully saturated rings. The van der Waals surface area contributed by atoms with Gasteiger partial charge in [-0.25, -0.2) is 4.90 Å². The molecule has 7 nitrogen and oxygen atoms in total. The second kappa shape index (κ2) is 8.33. The molecule has 7 heteroatoms. The molecule has 0 radical (unpaired) electrons. The summed E-state index contributed by atoms with van der Waals surface area (Å²) in [6, 6.07) is 14.7. The summed E-state index contributed by atoms with van der Waals surface area (Å²) in [5.74, 6) is -0.509. The van der Waals surface area contributed by atoms with Gasteiger partial charge >= 0.3 is 5.97 Å². The molecule has 0 aromatic heterocycles. The molecule has 5 atom stereocenters. The lowest BCUT2D eigenvalue weighted by molar-refractivity contribution is -0.139. The number of likely N-dealkylation sites (tertiary alicyclic amines) is 1. The zero-order valence-electron chi connectivity index (χ0n) is 19.7. The van der Waals surface area contributed by atoms with Crippen LogP contribution in [0.25, 0.3) is 0 Å². The second-order valence-corrected chi connectivity index (χ2v) is 10.4. The van der Waals surface area contributed by atoms with Crippen LogP contribution in [0, 0.1) is 36.5 Å². The number of ether oxygens (including phenoxy) is 1. The first-order valence-electron chi connectivity index (χ1n) is 12.4. The lowest BCUT2D eigenvalue weighted by Crippen LogP contribution is -2.33. The summed E-state index contributed by atoms with van der Waals surface area (Å²) in [7, 11) is 0. The van der Waals surface area contributed by atoms with Crippen LogP contribution in [0.4, 0.5) is 5.69 Å². The Hall–Kier alpha value is -3.48. The first-order chi connectivity index (χ1) is 16.9. The maximum atomic E-state index is 13.2. The highest BCUT2D eigenvalue weighted by atomic mass is 16.5. The van der Waals surface area contributed by atoms with Crippen LogP contribution in [0.5, 0.6) is 5.75 Å². The molecule has 6 rings (SSSR count). The molecular formula is C28H28N2O5. The Labute approximate surface area is 204 Å². The van der Waals surface area contributed by atoms with Gasteiger partial charge in [-0.1, -0.05) is 30.3 Å². The second-order valence-electron chi connectivity index (χ2n) is 10.4. The Morgan fingerprint density at radius 2 is 1.66 bits per heavy atom. The van der Waals surface area contributed by atoms with Gasteiger partial charge in [0.25, 0.3) is 0 Å². The van der Waals surface area contributed by atoms with Crippen LogP contribution < -0.4 is 9.64 Å². The standard InChI is InChI=1S/C28H28N2O5/c1-16-11-21(35-28(34)20-13-23(31)29(15-20)14-17-5-3-2-4-6-17)9-10-22(16)30-26(32)24-18-7-8-19(12-18)25(24)27(30)33/h2-6,9-11,18-20,24-25H,7-8,12-15H2,1H3/t18-,19-,20+,24-,25-/m0/s1. The van der Waals surface area contributed by atoms with E-state index in [1.54, 1.807) is 23.1 Å². The van der Waals surface area contributed by atoms with Crippen LogP contribution in [-0.2, 0) is 25.7 Å². The van der Waals surface area contributed by atoms with Crippen molar-refractivity contribution in [3.63, 3.8) is 0 Å². The first kappa shape index (κ1) is 22.0. The number of benzene rings is 2. The predicted octanol–water partition coefficient (Wildman–Crippen LogP) is 3.48. The number of fused-ring (bicyclic) bond motifs is 5. The quantitative estimate of drug-likeness (QED) is 0.378. The van der Waals surface area contributed by atoms with Gasteiger partial charge in [-0.15, -0.1) is 0 Å². The summed E-state index contributed by atoms with van der Waals surface area (Å²) >= 11 is 0. The molecule has 2 bridgehead atoms. The number of imide groups is 1. The van der Waals surface area contributed by atoms with E-state index in [2.05, 4.69) is 0 Å². The number of rotatable bonds is 5. The molecule has 2 aromatic carbocycles.